The quantitative estimate of drug-likeness (QED) is 0.389. The van der Waals surface area contributed by atoms with E-state index in [0.717, 1.165) is 0 Å². The van der Waals surface area contributed by atoms with E-state index in [4.69, 9.17) is 0 Å². The van der Waals surface area contributed by atoms with Gasteiger partial charge in [-0.05, 0) is 0 Å². The minimum absolute atomic E-state index is 0. The van der Waals surface area contributed by atoms with E-state index >= 15 is 0 Å². The van der Waals surface area contributed by atoms with Gasteiger partial charge < -0.3 is 0 Å². The standard InChI is InChI=1S/2C10H15.3ClH.Zr/c2*1-7-6-10(4,5)9(3)8(7)2;;;;/h2*1-5H3;3*1H;. The molecule has 0 aromatic carbocycles. The van der Waals surface area contributed by atoms with Gasteiger partial charge in [0.1, 0.15) is 0 Å². The van der Waals surface area contributed by atoms with Crippen molar-refractivity contribution in [3.63, 3.8) is 0 Å². The van der Waals surface area contributed by atoms with Gasteiger partial charge in [-0.2, -0.15) is 0 Å². The molecule has 0 aliphatic heterocycles. The molecular formula is C20H33Cl3Zr. The summed E-state index contributed by atoms with van der Waals surface area (Å²) in [4.78, 5) is 0. The molecule has 0 fully saturated rings. The van der Waals surface area contributed by atoms with E-state index in [1.54, 1.807) is 40.0 Å². The Kier molecular flexibility index (Phi) is 9.65. The summed E-state index contributed by atoms with van der Waals surface area (Å²) in [7, 11) is 0. The Hall–Kier alpha value is 0.713. The number of allylic oxidation sites excluding steroid dienone is 8. The van der Waals surface area contributed by atoms with Crippen LogP contribution in [-0.4, -0.2) is 0 Å². The summed E-state index contributed by atoms with van der Waals surface area (Å²) in [5.74, 6) is 0. The molecule has 2 aliphatic carbocycles. The predicted molar refractivity (Wildman–Crippen MR) is 111 cm³/mol. The zero-order valence-electron chi connectivity index (χ0n) is 16.7. The molecule has 0 atom stereocenters. The molecule has 0 radical (unpaired) electrons. The fraction of sp³-hybridized carbons (Fsp3) is 0.600. The third-order valence-corrected chi connectivity index (χ3v) is 12.5. The van der Waals surface area contributed by atoms with Gasteiger partial charge in [0.25, 0.3) is 0 Å². The van der Waals surface area contributed by atoms with Crippen molar-refractivity contribution in [1.82, 2.24) is 0 Å². The topological polar surface area (TPSA) is 0 Å². The Morgan fingerprint density at radius 2 is 0.750 bits per heavy atom. The van der Waals surface area contributed by atoms with E-state index < -0.39 is 23.2 Å². The van der Waals surface area contributed by atoms with Gasteiger partial charge in [0.2, 0.25) is 0 Å². The second-order valence-corrected chi connectivity index (χ2v) is 10.9. The van der Waals surface area contributed by atoms with Crippen LogP contribution in [0.3, 0.4) is 0 Å². The van der Waals surface area contributed by atoms with Crippen LogP contribution in [0, 0.1) is 10.8 Å². The van der Waals surface area contributed by atoms with Crippen molar-refractivity contribution < 1.29 is 23.2 Å². The first-order valence-corrected chi connectivity index (χ1v) is 10.5. The van der Waals surface area contributed by atoms with E-state index in [-0.39, 0.29) is 48.1 Å². The second-order valence-electron chi connectivity index (χ2n) is 7.88. The van der Waals surface area contributed by atoms with Gasteiger partial charge in [0.15, 0.2) is 0 Å². The molecule has 0 N–H and O–H groups in total. The van der Waals surface area contributed by atoms with Crippen molar-refractivity contribution in [3.8, 4) is 0 Å². The van der Waals surface area contributed by atoms with Gasteiger partial charge in [-0.3, -0.25) is 0 Å². The maximum Gasteiger partial charge on any atom is -0.147 e. The Balaban J connectivity index is 0. The van der Waals surface area contributed by atoms with Gasteiger partial charge in [0.05, 0.1) is 0 Å². The van der Waals surface area contributed by atoms with E-state index in [2.05, 4.69) is 69.2 Å². The molecule has 0 spiro atoms. The molecule has 4 heteroatoms. The molecule has 0 bridgehead atoms. The number of hydrogen-bond acceptors (Lipinski definition) is 0. The predicted octanol–water partition coefficient (Wildman–Crippen LogP) is 7.63. The van der Waals surface area contributed by atoms with Crippen LogP contribution < -0.4 is 0 Å². The monoisotopic (exact) mass is 468 g/mol. The number of halogens is 3. The van der Waals surface area contributed by atoms with Crippen molar-refractivity contribution in [1.29, 1.82) is 0 Å². The first kappa shape index (κ1) is 26.9. The first-order chi connectivity index (χ1) is 9.44. The third kappa shape index (κ3) is 3.85. The zero-order valence-corrected chi connectivity index (χ0v) is 21.6. The van der Waals surface area contributed by atoms with Crippen molar-refractivity contribution >= 4 is 37.2 Å². The van der Waals surface area contributed by atoms with Crippen LogP contribution in [0.25, 0.3) is 0 Å². The molecule has 24 heavy (non-hydrogen) atoms. The van der Waals surface area contributed by atoms with Gasteiger partial charge >= 0.3 is 143 Å². The summed E-state index contributed by atoms with van der Waals surface area (Å²) in [6.45, 7) is 23.7. The maximum absolute atomic E-state index is 2.43. The Bertz CT molecular complexity index is 588. The first-order valence-electron chi connectivity index (χ1n) is 8.00. The van der Waals surface area contributed by atoms with Gasteiger partial charge in [-0.25, -0.2) is 0 Å². The summed E-state index contributed by atoms with van der Waals surface area (Å²) >= 11 is -0.730. The molecule has 0 saturated heterocycles. The van der Waals surface area contributed by atoms with Crippen molar-refractivity contribution in [2.45, 2.75) is 69.2 Å². The molecule has 0 amide bonds. The Morgan fingerprint density at radius 1 is 0.500 bits per heavy atom. The van der Waals surface area contributed by atoms with Gasteiger partial charge in [-0.15, -0.1) is 37.2 Å². The Morgan fingerprint density at radius 3 is 0.917 bits per heavy atom. The van der Waals surface area contributed by atoms with Crippen LogP contribution >= 0.6 is 37.2 Å². The smallest absolute Gasteiger partial charge is 0.147 e. The van der Waals surface area contributed by atoms with Crippen molar-refractivity contribution in [3.05, 3.63) is 40.0 Å². The van der Waals surface area contributed by atoms with E-state index in [1.807, 2.05) is 0 Å². The van der Waals surface area contributed by atoms with Crippen LogP contribution in [0.15, 0.2) is 40.0 Å². The summed E-state index contributed by atoms with van der Waals surface area (Å²) in [6.07, 6.45) is 0. The average molecular weight is 471 g/mol. The number of hydrogen-bond donors (Lipinski definition) is 0. The van der Waals surface area contributed by atoms with Gasteiger partial charge in [-0.1, -0.05) is 0 Å². The molecule has 0 saturated carbocycles. The van der Waals surface area contributed by atoms with Gasteiger partial charge in [0, 0.05) is 0 Å². The molecule has 2 aliphatic rings. The van der Waals surface area contributed by atoms with Crippen molar-refractivity contribution in [2.24, 2.45) is 10.8 Å². The molecule has 138 valence electrons. The summed E-state index contributed by atoms with van der Waals surface area (Å²) in [6, 6.07) is 0. The molecular weight excluding hydrogens is 438 g/mol. The summed E-state index contributed by atoms with van der Waals surface area (Å²) in [5, 5.41) is 0. The summed E-state index contributed by atoms with van der Waals surface area (Å²) in [5.41, 5.74) is 10.0. The fourth-order valence-electron chi connectivity index (χ4n) is 3.81. The van der Waals surface area contributed by atoms with Crippen LogP contribution in [0.5, 0.6) is 0 Å². The largest absolute Gasteiger partial charge is 0.147 e. The van der Waals surface area contributed by atoms with E-state index in [9.17, 15) is 0 Å². The molecule has 0 aromatic rings. The van der Waals surface area contributed by atoms with Crippen LogP contribution in [0.2, 0.25) is 0 Å². The minimum atomic E-state index is -0.730. The average Bonchev–Trinajstić information content (AvgIpc) is 2.63. The second kappa shape index (κ2) is 8.60. The third-order valence-electron chi connectivity index (χ3n) is 6.38. The molecule has 2 rings (SSSR count). The normalized spacial score (nSPS) is 21.6. The van der Waals surface area contributed by atoms with E-state index in [0.29, 0.717) is 0 Å². The summed E-state index contributed by atoms with van der Waals surface area (Å²) < 4.78 is 3.59. The van der Waals surface area contributed by atoms with Crippen LogP contribution in [-0.2, 0) is 23.2 Å². The number of rotatable bonds is 2. The van der Waals surface area contributed by atoms with Crippen LogP contribution in [0.1, 0.15) is 69.2 Å². The fourth-order valence-corrected chi connectivity index (χ4v) is 8.73. The zero-order chi connectivity index (χ0) is 16.3. The van der Waals surface area contributed by atoms with Crippen LogP contribution in [0.4, 0.5) is 0 Å². The molecule has 0 nitrogen and oxygen atoms in total. The van der Waals surface area contributed by atoms with E-state index in [1.165, 1.54) is 0 Å². The van der Waals surface area contributed by atoms with Crippen molar-refractivity contribution in [2.75, 3.05) is 0 Å². The SMILES string of the molecule is CC1=C(C)C(C)(C)[C]([Zr][C]2=C(C)C(C)=C(C)C2(C)C)=C1C.Cl.Cl.Cl. The molecule has 0 heterocycles. The molecule has 0 aromatic heterocycles. The minimum Gasteiger partial charge on any atom is -0.147 e. The Labute approximate surface area is 179 Å². The molecule has 0 unspecified atom stereocenters. The maximum atomic E-state index is 2.43.